The van der Waals surface area contributed by atoms with Crippen LogP contribution in [0.4, 0.5) is 14.5 Å². The summed E-state index contributed by atoms with van der Waals surface area (Å²) in [5.74, 6) is -2.77. The van der Waals surface area contributed by atoms with Gasteiger partial charge in [0.1, 0.15) is 5.82 Å². The molecule has 0 aromatic heterocycles. The van der Waals surface area contributed by atoms with Gasteiger partial charge in [0.2, 0.25) is 5.82 Å². The lowest BCUT2D eigenvalue weighted by molar-refractivity contribution is -0.387. The van der Waals surface area contributed by atoms with E-state index in [1.807, 2.05) is 0 Å². The van der Waals surface area contributed by atoms with Crippen LogP contribution >= 0.6 is 15.9 Å². The molecule has 2 rings (SSSR count). The minimum Gasteiger partial charge on any atom is -0.341 e. The first-order valence-electron chi connectivity index (χ1n) is 6.32. The van der Waals surface area contributed by atoms with E-state index in [-0.39, 0.29) is 0 Å². The summed E-state index contributed by atoms with van der Waals surface area (Å²) in [4.78, 5) is 23.4. The van der Waals surface area contributed by atoms with E-state index in [9.17, 15) is 23.7 Å². The predicted octanol–water partition coefficient (Wildman–Crippen LogP) is 3.12. The molecule has 8 heteroatoms. The van der Waals surface area contributed by atoms with Crippen LogP contribution in [0.2, 0.25) is 0 Å². The molecule has 1 aromatic rings. The number of halogens is 3. The van der Waals surface area contributed by atoms with Crippen molar-refractivity contribution in [2.75, 3.05) is 13.6 Å². The summed E-state index contributed by atoms with van der Waals surface area (Å²) in [6.07, 6.45) is 1.81. The maximum atomic E-state index is 13.9. The Hall–Kier alpha value is -1.57. The van der Waals surface area contributed by atoms with Gasteiger partial charge in [-0.3, -0.25) is 14.9 Å². The Kier molecular flexibility index (Phi) is 4.55. The van der Waals surface area contributed by atoms with Gasteiger partial charge < -0.3 is 4.90 Å². The number of rotatable bonds is 4. The topological polar surface area (TPSA) is 63.5 Å². The summed E-state index contributed by atoms with van der Waals surface area (Å²) in [7, 11) is 1.47. The lowest BCUT2D eigenvalue weighted by Gasteiger charge is -2.34. The van der Waals surface area contributed by atoms with Crippen molar-refractivity contribution in [3.63, 3.8) is 0 Å². The van der Waals surface area contributed by atoms with Gasteiger partial charge in [0.15, 0.2) is 0 Å². The quantitative estimate of drug-likeness (QED) is 0.469. The standard InChI is InChI=1S/C13H13BrF2N2O3/c1-17(6-7-2-8(14)3-7)13(19)10-4-9(15)5-11(12(10)16)18(20)21/h4-5,7-8H,2-3,6H2,1H3. The second kappa shape index (κ2) is 6.05. The number of carbonyl (C=O) groups excluding carboxylic acids is 1. The van der Waals surface area contributed by atoms with Crippen LogP contribution in [0.3, 0.4) is 0 Å². The summed E-state index contributed by atoms with van der Waals surface area (Å²) in [6, 6.07) is 1.16. The molecule has 0 radical (unpaired) electrons. The molecular weight excluding hydrogens is 350 g/mol. The number of alkyl halides is 1. The van der Waals surface area contributed by atoms with E-state index in [1.54, 1.807) is 0 Å². The van der Waals surface area contributed by atoms with Crippen molar-refractivity contribution < 1.29 is 18.5 Å². The van der Waals surface area contributed by atoms with Crippen LogP contribution in [0.15, 0.2) is 12.1 Å². The second-order valence-corrected chi connectivity index (χ2v) is 6.46. The second-order valence-electron chi connectivity index (χ2n) is 5.16. The van der Waals surface area contributed by atoms with E-state index < -0.39 is 33.7 Å². The van der Waals surface area contributed by atoms with Crippen molar-refractivity contribution in [1.82, 2.24) is 4.90 Å². The van der Waals surface area contributed by atoms with E-state index >= 15 is 0 Å². The van der Waals surface area contributed by atoms with E-state index in [1.165, 1.54) is 11.9 Å². The van der Waals surface area contributed by atoms with Crippen molar-refractivity contribution in [3.05, 3.63) is 39.4 Å². The molecular formula is C13H13BrF2N2O3. The van der Waals surface area contributed by atoms with Crippen LogP contribution < -0.4 is 0 Å². The van der Waals surface area contributed by atoms with Gasteiger partial charge in [-0.15, -0.1) is 0 Å². The predicted molar refractivity (Wildman–Crippen MR) is 75.4 cm³/mol. The monoisotopic (exact) mass is 362 g/mol. The number of hydrogen-bond donors (Lipinski definition) is 0. The fourth-order valence-corrected chi connectivity index (χ4v) is 3.40. The van der Waals surface area contributed by atoms with Gasteiger partial charge in [0.25, 0.3) is 5.91 Å². The van der Waals surface area contributed by atoms with E-state index in [2.05, 4.69) is 15.9 Å². The Morgan fingerprint density at radius 1 is 1.48 bits per heavy atom. The molecule has 1 aliphatic rings. The average molecular weight is 363 g/mol. The van der Waals surface area contributed by atoms with Crippen molar-refractivity contribution in [2.24, 2.45) is 5.92 Å². The highest BCUT2D eigenvalue weighted by molar-refractivity contribution is 9.09. The third-order valence-electron chi connectivity index (χ3n) is 3.50. The first kappa shape index (κ1) is 15.8. The molecule has 0 heterocycles. The lowest BCUT2D eigenvalue weighted by Crippen LogP contribution is -2.38. The third kappa shape index (κ3) is 3.37. The maximum absolute atomic E-state index is 13.9. The fourth-order valence-electron chi connectivity index (χ4n) is 2.34. The van der Waals surface area contributed by atoms with Gasteiger partial charge >= 0.3 is 5.69 Å². The molecule has 0 spiro atoms. The number of hydrogen-bond acceptors (Lipinski definition) is 3. The molecule has 1 aliphatic carbocycles. The first-order chi connectivity index (χ1) is 9.79. The zero-order valence-corrected chi connectivity index (χ0v) is 12.8. The van der Waals surface area contributed by atoms with E-state index in [0.29, 0.717) is 29.4 Å². The maximum Gasteiger partial charge on any atom is 0.308 e. The molecule has 0 unspecified atom stereocenters. The Bertz CT molecular complexity index is 591. The molecule has 1 aromatic carbocycles. The molecule has 114 valence electrons. The number of nitro groups is 1. The number of nitrogens with zero attached hydrogens (tertiary/aromatic N) is 2. The number of benzene rings is 1. The minimum absolute atomic E-state index is 0.301. The highest BCUT2D eigenvalue weighted by Gasteiger charge is 2.31. The molecule has 0 saturated heterocycles. The Morgan fingerprint density at radius 2 is 2.10 bits per heavy atom. The summed E-state index contributed by atoms with van der Waals surface area (Å²) < 4.78 is 27.3. The van der Waals surface area contributed by atoms with Crippen LogP contribution in [0.1, 0.15) is 23.2 Å². The van der Waals surface area contributed by atoms with Gasteiger partial charge in [0.05, 0.1) is 16.6 Å². The van der Waals surface area contributed by atoms with E-state index in [4.69, 9.17) is 0 Å². The van der Waals surface area contributed by atoms with Gasteiger partial charge in [-0.1, -0.05) is 15.9 Å². The molecule has 0 atom stereocenters. The van der Waals surface area contributed by atoms with Crippen LogP contribution in [0.25, 0.3) is 0 Å². The summed E-state index contributed by atoms with van der Waals surface area (Å²) in [5.41, 5.74) is -1.64. The number of carbonyl (C=O) groups is 1. The lowest BCUT2D eigenvalue weighted by atomic mass is 9.85. The molecule has 5 nitrogen and oxygen atoms in total. The first-order valence-corrected chi connectivity index (χ1v) is 7.24. The number of amides is 1. The molecule has 1 saturated carbocycles. The van der Waals surface area contributed by atoms with Crippen molar-refractivity contribution >= 4 is 27.5 Å². The minimum atomic E-state index is -1.30. The van der Waals surface area contributed by atoms with E-state index in [0.717, 1.165) is 12.8 Å². The summed E-state index contributed by atoms with van der Waals surface area (Å²) in [5, 5.41) is 10.7. The van der Waals surface area contributed by atoms with Crippen LogP contribution in [-0.2, 0) is 0 Å². The number of nitro benzene ring substituents is 1. The average Bonchev–Trinajstić information content (AvgIpc) is 2.38. The van der Waals surface area contributed by atoms with Gasteiger partial charge in [-0.2, -0.15) is 4.39 Å². The van der Waals surface area contributed by atoms with Crippen molar-refractivity contribution in [2.45, 2.75) is 17.7 Å². The molecule has 1 fully saturated rings. The molecule has 1 amide bonds. The largest absolute Gasteiger partial charge is 0.341 e. The van der Waals surface area contributed by atoms with Gasteiger partial charge in [0, 0.05) is 18.4 Å². The highest BCUT2D eigenvalue weighted by Crippen LogP contribution is 2.34. The Labute approximate surface area is 128 Å². The van der Waals surface area contributed by atoms with Crippen molar-refractivity contribution in [1.29, 1.82) is 0 Å². The highest BCUT2D eigenvalue weighted by atomic mass is 79.9. The third-order valence-corrected chi connectivity index (χ3v) is 4.25. The smallest absolute Gasteiger partial charge is 0.308 e. The van der Waals surface area contributed by atoms with Crippen LogP contribution in [0, 0.1) is 27.7 Å². The SMILES string of the molecule is CN(CC1CC(Br)C1)C(=O)c1cc(F)cc([N+](=O)[O-])c1F. The Morgan fingerprint density at radius 3 is 2.62 bits per heavy atom. The molecule has 21 heavy (non-hydrogen) atoms. The molecule has 0 N–H and O–H groups in total. The fraction of sp³-hybridized carbons (Fsp3) is 0.462. The van der Waals surface area contributed by atoms with Gasteiger partial charge in [-0.05, 0) is 24.8 Å². The van der Waals surface area contributed by atoms with Crippen LogP contribution in [0.5, 0.6) is 0 Å². The Balaban J connectivity index is 2.20. The van der Waals surface area contributed by atoms with Gasteiger partial charge in [-0.25, -0.2) is 4.39 Å². The van der Waals surface area contributed by atoms with Crippen LogP contribution in [-0.4, -0.2) is 34.2 Å². The normalized spacial score (nSPS) is 20.8. The molecule has 0 aliphatic heterocycles. The zero-order chi connectivity index (χ0) is 15.7. The zero-order valence-electron chi connectivity index (χ0n) is 11.2. The summed E-state index contributed by atoms with van der Waals surface area (Å²) >= 11 is 3.43. The molecule has 0 bridgehead atoms. The van der Waals surface area contributed by atoms with Crippen molar-refractivity contribution in [3.8, 4) is 0 Å². The summed E-state index contributed by atoms with van der Waals surface area (Å²) in [6.45, 7) is 0.407.